The second-order valence-corrected chi connectivity index (χ2v) is 5.77. The van der Waals surface area contributed by atoms with Crippen LogP contribution in [0.3, 0.4) is 0 Å². The number of aromatic nitrogens is 1. The second kappa shape index (κ2) is 7.04. The molecule has 4 nitrogen and oxygen atoms in total. The smallest absolute Gasteiger partial charge is 0.128 e. The average molecular weight is 279 g/mol. The van der Waals surface area contributed by atoms with Crippen molar-refractivity contribution in [3.63, 3.8) is 0 Å². The highest BCUT2D eigenvalue weighted by Crippen LogP contribution is 2.22. The van der Waals surface area contributed by atoms with E-state index in [0.717, 1.165) is 31.0 Å². The first-order chi connectivity index (χ1) is 9.38. The molecule has 1 aromatic heterocycles. The van der Waals surface area contributed by atoms with E-state index < -0.39 is 5.60 Å². The summed E-state index contributed by atoms with van der Waals surface area (Å²) in [6.07, 6.45) is 1.78. The van der Waals surface area contributed by atoms with Gasteiger partial charge in [0, 0.05) is 37.4 Å². The second-order valence-electron chi connectivity index (χ2n) is 5.77. The first kappa shape index (κ1) is 16.9. The fourth-order valence-electron chi connectivity index (χ4n) is 2.40. The zero-order chi connectivity index (χ0) is 15.3. The molecule has 0 aromatic carbocycles. The number of aliphatic hydroxyl groups is 1. The maximum atomic E-state index is 9.92. The molecule has 0 spiro atoms. The van der Waals surface area contributed by atoms with E-state index in [0.29, 0.717) is 6.04 Å². The van der Waals surface area contributed by atoms with Crippen molar-refractivity contribution >= 4 is 5.82 Å². The van der Waals surface area contributed by atoms with Crippen LogP contribution in [-0.4, -0.2) is 47.7 Å². The molecular weight excluding hydrogens is 250 g/mol. The van der Waals surface area contributed by atoms with Crippen molar-refractivity contribution in [2.45, 2.75) is 46.3 Å². The van der Waals surface area contributed by atoms with E-state index in [1.807, 2.05) is 26.0 Å². The van der Waals surface area contributed by atoms with E-state index in [1.165, 1.54) is 0 Å². The minimum atomic E-state index is -0.820. The van der Waals surface area contributed by atoms with Gasteiger partial charge in [0.25, 0.3) is 0 Å². The Morgan fingerprint density at radius 3 is 2.35 bits per heavy atom. The molecule has 1 unspecified atom stereocenters. The van der Waals surface area contributed by atoms with E-state index >= 15 is 0 Å². The zero-order valence-electron chi connectivity index (χ0n) is 13.7. The summed E-state index contributed by atoms with van der Waals surface area (Å²) in [5, 5.41) is 9.92. The Morgan fingerprint density at radius 1 is 1.25 bits per heavy atom. The fraction of sp³-hybridized carbons (Fsp3) is 0.688. The van der Waals surface area contributed by atoms with Gasteiger partial charge in [-0.3, -0.25) is 0 Å². The van der Waals surface area contributed by atoms with Gasteiger partial charge in [0.1, 0.15) is 5.82 Å². The summed E-state index contributed by atoms with van der Waals surface area (Å²) >= 11 is 0. The van der Waals surface area contributed by atoms with Gasteiger partial charge in [-0.15, -0.1) is 0 Å². The van der Waals surface area contributed by atoms with E-state index in [2.05, 4.69) is 28.8 Å². The topological polar surface area (TPSA) is 39.6 Å². The van der Waals surface area contributed by atoms with Gasteiger partial charge in [0.05, 0.1) is 5.60 Å². The first-order valence-electron chi connectivity index (χ1n) is 7.52. The molecule has 1 aliphatic heterocycles. The van der Waals surface area contributed by atoms with Crippen molar-refractivity contribution < 1.29 is 5.11 Å². The van der Waals surface area contributed by atoms with Gasteiger partial charge in [0.2, 0.25) is 0 Å². The third-order valence-electron chi connectivity index (χ3n) is 3.58. The summed E-state index contributed by atoms with van der Waals surface area (Å²) in [5.41, 5.74) is 0.0345. The van der Waals surface area contributed by atoms with Crippen LogP contribution < -0.4 is 4.90 Å². The molecule has 2 rings (SSSR count). The summed E-state index contributed by atoms with van der Waals surface area (Å²) in [6.45, 7) is 12.9. The van der Waals surface area contributed by atoms with Crippen LogP contribution in [0.4, 0.5) is 5.82 Å². The quantitative estimate of drug-likeness (QED) is 0.903. The lowest BCUT2D eigenvalue weighted by molar-refractivity contribution is 0.0782. The van der Waals surface area contributed by atoms with Crippen molar-refractivity contribution in [1.82, 2.24) is 9.88 Å². The number of nitrogens with zero attached hydrogens (tertiary/aromatic N) is 3. The fourth-order valence-corrected chi connectivity index (χ4v) is 2.40. The van der Waals surface area contributed by atoms with Gasteiger partial charge in [-0.05, 0) is 33.9 Å². The van der Waals surface area contributed by atoms with Crippen molar-refractivity contribution in [3.05, 3.63) is 23.9 Å². The Hall–Kier alpha value is -1.13. The maximum Gasteiger partial charge on any atom is 0.128 e. The third kappa shape index (κ3) is 4.18. The molecule has 114 valence electrons. The van der Waals surface area contributed by atoms with Crippen LogP contribution in [-0.2, 0) is 5.60 Å². The summed E-state index contributed by atoms with van der Waals surface area (Å²) in [6, 6.07) is 4.45. The van der Waals surface area contributed by atoms with Gasteiger partial charge in [-0.25, -0.2) is 4.98 Å². The van der Waals surface area contributed by atoms with Gasteiger partial charge in [-0.1, -0.05) is 19.9 Å². The molecule has 0 radical (unpaired) electrons. The Balaban J connectivity index is 0.000000956. The normalized spacial score (nSPS) is 20.4. The lowest BCUT2D eigenvalue weighted by Gasteiger charge is -2.39. The van der Waals surface area contributed by atoms with E-state index in [-0.39, 0.29) is 0 Å². The Kier molecular flexibility index (Phi) is 5.96. The van der Waals surface area contributed by atoms with E-state index in [9.17, 15) is 5.11 Å². The molecule has 0 saturated carbocycles. The van der Waals surface area contributed by atoms with Crippen molar-refractivity contribution in [2.24, 2.45) is 0 Å². The van der Waals surface area contributed by atoms with Crippen molar-refractivity contribution in [3.8, 4) is 0 Å². The van der Waals surface area contributed by atoms with Crippen LogP contribution in [0.2, 0.25) is 0 Å². The summed E-state index contributed by atoms with van der Waals surface area (Å²) in [5.74, 6) is 1.00. The molecule has 0 amide bonds. The molecule has 0 bridgehead atoms. The predicted molar refractivity (Wildman–Crippen MR) is 85.1 cm³/mol. The number of hydrogen-bond donors (Lipinski definition) is 1. The van der Waals surface area contributed by atoms with E-state index in [1.54, 1.807) is 20.0 Å². The molecule has 1 fully saturated rings. The molecule has 1 atom stereocenters. The monoisotopic (exact) mass is 279 g/mol. The van der Waals surface area contributed by atoms with Crippen LogP contribution in [0.25, 0.3) is 0 Å². The molecule has 1 aliphatic rings. The lowest BCUT2D eigenvalue weighted by Crippen LogP contribution is -2.50. The van der Waals surface area contributed by atoms with Crippen LogP contribution >= 0.6 is 0 Å². The standard InChI is InChI=1S/C14H23N3O.C2H6/c1-11-10-16(4)7-8-17(11)13-6-5-12(9-15-13)14(2,3)18;1-2/h5-6,9,11,18H,7-8,10H2,1-4H3;1-2H3. The number of piperazine rings is 1. The number of anilines is 1. The molecule has 1 saturated heterocycles. The lowest BCUT2D eigenvalue weighted by atomic mass is 10.0. The highest BCUT2D eigenvalue weighted by molar-refractivity contribution is 5.42. The highest BCUT2D eigenvalue weighted by Gasteiger charge is 2.23. The molecule has 1 N–H and O–H groups in total. The molecule has 20 heavy (non-hydrogen) atoms. The number of hydrogen-bond acceptors (Lipinski definition) is 4. The minimum absolute atomic E-state index is 0.476. The largest absolute Gasteiger partial charge is 0.386 e. The highest BCUT2D eigenvalue weighted by atomic mass is 16.3. The van der Waals surface area contributed by atoms with Crippen molar-refractivity contribution in [2.75, 3.05) is 31.6 Å². The van der Waals surface area contributed by atoms with Crippen LogP contribution in [0.5, 0.6) is 0 Å². The SMILES string of the molecule is CC.CC1CN(C)CCN1c1ccc(C(C)(C)O)cn1. The van der Waals surface area contributed by atoms with Crippen LogP contribution in [0.1, 0.15) is 40.2 Å². The van der Waals surface area contributed by atoms with Crippen LogP contribution in [0, 0.1) is 0 Å². The zero-order valence-corrected chi connectivity index (χ0v) is 13.7. The summed E-state index contributed by atoms with van der Waals surface area (Å²) in [7, 11) is 2.15. The number of likely N-dealkylation sites (N-methyl/N-ethyl adjacent to an activating group) is 1. The Morgan fingerprint density at radius 2 is 1.90 bits per heavy atom. The summed E-state index contributed by atoms with van der Waals surface area (Å²) in [4.78, 5) is 9.16. The number of rotatable bonds is 2. The van der Waals surface area contributed by atoms with E-state index in [4.69, 9.17) is 0 Å². The van der Waals surface area contributed by atoms with Crippen molar-refractivity contribution in [1.29, 1.82) is 0 Å². The average Bonchev–Trinajstić information content (AvgIpc) is 2.40. The first-order valence-corrected chi connectivity index (χ1v) is 7.52. The summed E-state index contributed by atoms with van der Waals surface area (Å²) < 4.78 is 0. The van der Waals surface area contributed by atoms with Gasteiger partial charge >= 0.3 is 0 Å². The molecule has 4 heteroatoms. The molecule has 2 heterocycles. The third-order valence-corrected chi connectivity index (χ3v) is 3.58. The molecule has 0 aliphatic carbocycles. The molecule has 1 aromatic rings. The molecular formula is C16H29N3O. The predicted octanol–water partition coefficient (Wildman–Crippen LogP) is 2.48. The van der Waals surface area contributed by atoms with Gasteiger partial charge < -0.3 is 14.9 Å². The van der Waals surface area contributed by atoms with Gasteiger partial charge in [-0.2, -0.15) is 0 Å². The number of pyridine rings is 1. The van der Waals surface area contributed by atoms with Crippen LogP contribution in [0.15, 0.2) is 18.3 Å². The Labute approximate surface area is 123 Å². The minimum Gasteiger partial charge on any atom is -0.386 e. The van der Waals surface area contributed by atoms with Gasteiger partial charge in [0.15, 0.2) is 0 Å². The maximum absolute atomic E-state index is 9.92. The Bertz CT molecular complexity index is 397.